The number of aliphatic hydroxyl groups is 4. The lowest BCUT2D eigenvalue weighted by Crippen LogP contribution is -2.77. The van der Waals surface area contributed by atoms with E-state index in [0.717, 1.165) is 5.57 Å². The van der Waals surface area contributed by atoms with Gasteiger partial charge < -0.3 is 34.6 Å². The molecule has 10 heteroatoms. The van der Waals surface area contributed by atoms with E-state index >= 15 is 0 Å². The maximum atomic E-state index is 13.9. The molecule has 3 aliphatic carbocycles. The van der Waals surface area contributed by atoms with Gasteiger partial charge in [0.25, 0.3) is 0 Å². The van der Waals surface area contributed by atoms with Crippen LogP contribution in [0.4, 0.5) is 0 Å². The molecule has 0 aromatic rings. The molecule has 2 saturated heterocycles. The largest absolute Gasteiger partial charge is 0.496 e. The van der Waals surface area contributed by atoms with Gasteiger partial charge in [0.2, 0.25) is 0 Å². The summed E-state index contributed by atoms with van der Waals surface area (Å²) >= 11 is 0. The molecule has 5 rings (SSSR count). The number of hydrogen-bond acceptors (Lipinski definition) is 10. The molecule has 2 heterocycles. The molecule has 0 aromatic heterocycles. The monoisotopic (exact) mass is 646 g/mol. The Bertz CT molecular complexity index is 1310. The summed E-state index contributed by atoms with van der Waals surface area (Å²) < 4.78 is 17.9. The van der Waals surface area contributed by atoms with E-state index in [4.69, 9.17) is 14.2 Å². The third kappa shape index (κ3) is 5.04. The van der Waals surface area contributed by atoms with Gasteiger partial charge in [0.15, 0.2) is 11.6 Å². The second kappa shape index (κ2) is 11.5. The van der Waals surface area contributed by atoms with E-state index in [1.54, 1.807) is 27.0 Å². The topological polar surface area (TPSA) is 160 Å². The van der Waals surface area contributed by atoms with Crippen LogP contribution < -0.4 is 0 Å². The SMILES string of the molecule is CC1=CC(=O)[C@@H](O)[C@]2(C)C3[C@]45CO[C@@]3(O)[C@H](O)[C@H](C)C4C(CC(=O)CC(O)(C(C)C)C(C)C/C=C/OC(C)(C)C)C(=O)O[C@@H]5C[C@@H]12. The standard InChI is InChI=1S/C36H54O10/c1-18(2)35(42,20(4)11-10-12-44-32(6,7)8)16-22(37)14-23-27-21(5)28(39)36(43)31-33(9)24(19(3)13-25(38)29(33)40)15-26(46-30(23)41)34(27,31)17-45-36/h10,12-13,18,20-21,23-24,26-29,31,39-40,42-43H,11,14-17H2,1-9H3/b12-10+/t20?,21-,23?,24+,26-,27?,28-,29-,31?,33-,34+,35?,36+/m1/s1. The Morgan fingerprint density at radius 1 is 1.20 bits per heavy atom. The number of carbonyl (C=O) groups is 3. The average Bonchev–Trinajstić information content (AvgIpc) is 3.24. The molecule has 46 heavy (non-hydrogen) atoms. The van der Waals surface area contributed by atoms with Crippen LogP contribution in [0.15, 0.2) is 24.0 Å². The fourth-order valence-corrected chi connectivity index (χ4v) is 10.3. The van der Waals surface area contributed by atoms with Crippen LogP contribution in [-0.4, -0.2) is 79.9 Å². The third-order valence-corrected chi connectivity index (χ3v) is 12.6. The summed E-state index contributed by atoms with van der Waals surface area (Å²) in [6, 6.07) is 0. The Balaban J connectivity index is 1.46. The molecule has 2 saturated carbocycles. The molecule has 10 nitrogen and oxygen atoms in total. The molecule has 5 aliphatic rings. The van der Waals surface area contributed by atoms with Crippen LogP contribution in [0.5, 0.6) is 0 Å². The minimum atomic E-state index is -2.09. The third-order valence-electron chi connectivity index (χ3n) is 12.6. The molecule has 2 bridgehead atoms. The van der Waals surface area contributed by atoms with E-state index in [1.165, 1.54) is 6.08 Å². The molecular formula is C36H54O10. The van der Waals surface area contributed by atoms with Crippen molar-refractivity contribution in [3.05, 3.63) is 24.0 Å². The zero-order chi connectivity index (χ0) is 34.4. The smallest absolute Gasteiger partial charge is 0.309 e. The van der Waals surface area contributed by atoms with Crippen LogP contribution in [0.25, 0.3) is 0 Å². The number of Topliss-reactive ketones (excluding diaryl/α,β-unsaturated/α-hetero) is 1. The van der Waals surface area contributed by atoms with E-state index in [2.05, 4.69) is 0 Å². The van der Waals surface area contributed by atoms with Gasteiger partial charge in [-0.1, -0.05) is 40.2 Å². The Labute approximate surface area is 272 Å². The number of hydrogen-bond donors (Lipinski definition) is 4. The summed E-state index contributed by atoms with van der Waals surface area (Å²) in [6.45, 7) is 16.7. The molecule has 4 N–H and O–H groups in total. The van der Waals surface area contributed by atoms with Gasteiger partial charge in [-0.25, -0.2) is 0 Å². The fraction of sp³-hybridized carbons (Fsp3) is 0.806. The van der Waals surface area contributed by atoms with Crippen LogP contribution in [0, 0.1) is 52.3 Å². The van der Waals surface area contributed by atoms with E-state index < -0.39 is 81.9 Å². The predicted molar refractivity (Wildman–Crippen MR) is 168 cm³/mol. The van der Waals surface area contributed by atoms with Crippen molar-refractivity contribution in [3.8, 4) is 0 Å². The quantitative estimate of drug-likeness (QED) is 0.216. The van der Waals surface area contributed by atoms with Crippen molar-refractivity contribution in [2.24, 2.45) is 52.3 Å². The van der Waals surface area contributed by atoms with Crippen LogP contribution in [0.3, 0.4) is 0 Å². The molecule has 0 aromatic carbocycles. The van der Waals surface area contributed by atoms with Crippen molar-refractivity contribution in [3.63, 3.8) is 0 Å². The van der Waals surface area contributed by atoms with Gasteiger partial charge >= 0.3 is 5.97 Å². The molecule has 13 atom stereocenters. The number of esters is 1. The van der Waals surface area contributed by atoms with Crippen molar-refractivity contribution in [2.45, 2.75) is 123 Å². The van der Waals surface area contributed by atoms with Gasteiger partial charge in [0.1, 0.15) is 24.1 Å². The highest BCUT2D eigenvalue weighted by Crippen LogP contribution is 2.74. The Hall–Kier alpha value is -2.11. The first kappa shape index (κ1) is 35.2. The number of ether oxygens (including phenoxy) is 3. The highest BCUT2D eigenvalue weighted by molar-refractivity contribution is 5.96. The zero-order valence-electron chi connectivity index (χ0n) is 28.8. The zero-order valence-corrected chi connectivity index (χ0v) is 28.8. The summed E-state index contributed by atoms with van der Waals surface area (Å²) in [4.78, 5) is 40.8. The molecular weight excluding hydrogens is 592 g/mol. The van der Waals surface area contributed by atoms with E-state index in [0.29, 0.717) is 12.8 Å². The van der Waals surface area contributed by atoms with Gasteiger partial charge in [-0.15, -0.1) is 0 Å². The number of rotatable bonds is 9. The van der Waals surface area contributed by atoms with Crippen molar-refractivity contribution in [1.82, 2.24) is 0 Å². The lowest BCUT2D eigenvalue weighted by molar-refractivity contribution is -0.337. The van der Waals surface area contributed by atoms with Crippen LogP contribution in [0.2, 0.25) is 0 Å². The number of aliphatic hydroxyl groups excluding tert-OH is 2. The summed E-state index contributed by atoms with van der Waals surface area (Å²) in [5.41, 5.74) is -3.25. The van der Waals surface area contributed by atoms with Crippen molar-refractivity contribution < 1.29 is 49.0 Å². The van der Waals surface area contributed by atoms with Crippen LogP contribution in [-0.2, 0) is 28.6 Å². The maximum Gasteiger partial charge on any atom is 0.309 e. The normalized spacial score (nSPS) is 43.8. The highest BCUT2D eigenvalue weighted by Gasteiger charge is 2.83. The summed E-state index contributed by atoms with van der Waals surface area (Å²) in [5.74, 6) is -7.61. The van der Waals surface area contributed by atoms with Gasteiger partial charge in [-0.2, -0.15) is 0 Å². The number of allylic oxidation sites excluding steroid dienone is 2. The predicted octanol–water partition coefficient (Wildman–Crippen LogP) is 3.48. The molecule has 5 unspecified atom stereocenters. The first-order valence-electron chi connectivity index (χ1n) is 16.9. The Morgan fingerprint density at radius 2 is 1.85 bits per heavy atom. The first-order valence-corrected chi connectivity index (χ1v) is 16.9. The van der Waals surface area contributed by atoms with E-state index in [-0.39, 0.29) is 42.7 Å². The van der Waals surface area contributed by atoms with Gasteiger partial charge in [0.05, 0.1) is 30.0 Å². The maximum absolute atomic E-state index is 13.9. The van der Waals surface area contributed by atoms with Crippen LogP contribution in [0.1, 0.15) is 88.0 Å². The second-order valence-corrected chi connectivity index (χ2v) is 16.6. The Morgan fingerprint density at radius 3 is 2.46 bits per heavy atom. The van der Waals surface area contributed by atoms with E-state index in [9.17, 15) is 34.8 Å². The van der Waals surface area contributed by atoms with Gasteiger partial charge in [-0.05, 0) is 82.3 Å². The van der Waals surface area contributed by atoms with Crippen molar-refractivity contribution >= 4 is 17.5 Å². The summed E-state index contributed by atoms with van der Waals surface area (Å²) in [6.07, 6.45) is 1.68. The van der Waals surface area contributed by atoms with Crippen LogP contribution >= 0.6 is 0 Å². The first-order chi connectivity index (χ1) is 21.2. The molecule has 258 valence electrons. The molecule has 0 radical (unpaired) electrons. The second-order valence-electron chi connectivity index (χ2n) is 16.6. The number of carbonyl (C=O) groups excluding carboxylic acids is 3. The summed E-state index contributed by atoms with van der Waals surface area (Å²) in [5, 5.41) is 47.0. The average molecular weight is 647 g/mol. The lowest BCUT2D eigenvalue weighted by Gasteiger charge is -2.68. The fourth-order valence-electron chi connectivity index (χ4n) is 10.3. The van der Waals surface area contributed by atoms with Gasteiger partial charge in [-0.3, -0.25) is 14.4 Å². The minimum absolute atomic E-state index is 0.0508. The molecule has 4 fully saturated rings. The lowest BCUT2D eigenvalue weighted by atomic mass is 9.37. The number of ketones is 2. The molecule has 0 amide bonds. The molecule has 2 aliphatic heterocycles. The Kier molecular flexibility index (Phi) is 8.80. The van der Waals surface area contributed by atoms with E-state index in [1.807, 2.05) is 47.6 Å². The van der Waals surface area contributed by atoms with Crippen molar-refractivity contribution in [2.75, 3.05) is 6.61 Å². The minimum Gasteiger partial charge on any atom is -0.496 e. The highest BCUT2D eigenvalue weighted by atomic mass is 16.6. The molecule has 1 spiro atoms. The summed E-state index contributed by atoms with van der Waals surface area (Å²) in [7, 11) is 0. The number of fused-ring (bicyclic) bond motifs is 1. The van der Waals surface area contributed by atoms with Gasteiger partial charge in [0, 0.05) is 29.6 Å². The van der Waals surface area contributed by atoms with Crippen molar-refractivity contribution in [1.29, 1.82) is 0 Å².